The smallest absolute Gasteiger partial charge is 0.0799 e. The van der Waals surface area contributed by atoms with Crippen molar-refractivity contribution in [2.75, 3.05) is 47.8 Å². The third-order valence-electron chi connectivity index (χ3n) is 2.59. The van der Waals surface area contributed by atoms with E-state index in [2.05, 4.69) is 4.74 Å². The first-order valence-electron chi connectivity index (χ1n) is 7.37. The zero-order valence-electron chi connectivity index (χ0n) is 14.5. The van der Waals surface area contributed by atoms with Gasteiger partial charge in [0.05, 0.1) is 32.0 Å². The molecule has 0 spiro atoms. The largest absolute Gasteiger partial charge is 0.396 e. The highest BCUT2D eigenvalue weighted by molar-refractivity contribution is 4.47. The Morgan fingerprint density at radius 2 is 1.38 bits per heavy atom. The van der Waals surface area contributed by atoms with Gasteiger partial charge in [-0.15, -0.1) is 0 Å². The van der Waals surface area contributed by atoms with Crippen LogP contribution in [-0.4, -0.2) is 75.3 Å². The van der Waals surface area contributed by atoms with Crippen LogP contribution in [0.2, 0.25) is 0 Å². The molecule has 0 bridgehead atoms. The van der Waals surface area contributed by atoms with Gasteiger partial charge >= 0.3 is 0 Å². The van der Waals surface area contributed by atoms with Crippen LogP contribution in [0.5, 0.6) is 0 Å². The summed E-state index contributed by atoms with van der Waals surface area (Å²) in [5.41, 5.74) is 0. The van der Waals surface area contributed by atoms with Gasteiger partial charge in [-0.2, -0.15) is 0 Å². The molecule has 0 aromatic carbocycles. The van der Waals surface area contributed by atoms with Gasteiger partial charge in [0.25, 0.3) is 0 Å². The van der Waals surface area contributed by atoms with Crippen molar-refractivity contribution in [2.24, 2.45) is 5.92 Å². The number of ether oxygens (including phenoxy) is 3. The van der Waals surface area contributed by atoms with E-state index >= 15 is 0 Å². The van der Waals surface area contributed by atoms with Gasteiger partial charge in [-0.25, -0.2) is 0 Å². The number of methoxy groups -OCH3 is 3. The van der Waals surface area contributed by atoms with Crippen LogP contribution >= 0.6 is 0 Å². The van der Waals surface area contributed by atoms with E-state index in [-0.39, 0.29) is 31.3 Å². The Morgan fingerprint density at radius 1 is 0.857 bits per heavy atom. The fourth-order valence-electron chi connectivity index (χ4n) is 1.02. The van der Waals surface area contributed by atoms with E-state index in [0.29, 0.717) is 13.2 Å². The second-order valence-corrected chi connectivity index (χ2v) is 4.71. The van der Waals surface area contributed by atoms with Crippen molar-refractivity contribution in [1.29, 1.82) is 0 Å². The molecule has 6 heteroatoms. The van der Waals surface area contributed by atoms with Gasteiger partial charge in [0.2, 0.25) is 0 Å². The molecule has 0 amide bonds. The van der Waals surface area contributed by atoms with Crippen LogP contribution in [0, 0.1) is 5.92 Å². The third-order valence-corrected chi connectivity index (χ3v) is 2.59. The molecule has 0 radical (unpaired) electrons. The molecule has 0 aromatic heterocycles. The molecule has 6 nitrogen and oxygen atoms in total. The van der Waals surface area contributed by atoms with Gasteiger partial charge < -0.3 is 29.5 Å². The number of aliphatic hydroxyl groups excluding tert-OH is 3. The van der Waals surface area contributed by atoms with Crippen LogP contribution in [0.1, 0.15) is 33.6 Å². The van der Waals surface area contributed by atoms with Gasteiger partial charge in [0, 0.05) is 33.9 Å². The lowest BCUT2D eigenvalue weighted by molar-refractivity contribution is 0.0467. The minimum absolute atomic E-state index is 0.0417. The highest BCUT2D eigenvalue weighted by Crippen LogP contribution is 1.91. The lowest BCUT2D eigenvalue weighted by atomic mass is 10.2. The first-order chi connectivity index (χ1) is 9.96. The summed E-state index contributed by atoms with van der Waals surface area (Å²) in [5, 5.41) is 25.5. The first kappa shape index (κ1) is 25.7. The second-order valence-electron chi connectivity index (χ2n) is 4.71. The minimum Gasteiger partial charge on any atom is -0.396 e. The summed E-state index contributed by atoms with van der Waals surface area (Å²) >= 11 is 0. The van der Waals surface area contributed by atoms with E-state index in [0.717, 1.165) is 12.8 Å². The van der Waals surface area contributed by atoms with Crippen LogP contribution in [0.15, 0.2) is 0 Å². The molecule has 0 aliphatic rings. The highest BCUT2D eigenvalue weighted by Gasteiger charge is 1.97. The minimum atomic E-state index is -0.273. The van der Waals surface area contributed by atoms with Crippen molar-refractivity contribution >= 4 is 0 Å². The highest BCUT2D eigenvalue weighted by atomic mass is 16.5. The fourth-order valence-corrected chi connectivity index (χ4v) is 1.02. The molecule has 21 heavy (non-hydrogen) atoms. The number of rotatable bonds is 9. The molecule has 0 heterocycles. The molecule has 0 aliphatic heterocycles. The SMILES string of the molecule is CCC(CO)OC.CCC(O)COC.COCC(C)CO. The quantitative estimate of drug-likeness (QED) is 0.590. The van der Waals surface area contributed by atoms with Crippen molar-refractivity contribution in [1.82, 2.24) is 0 Å². The van der Waals surface area contributed by atoms with E-state index in [1.807, 2.05) is 20.8 Å². The average molecular weight is 312 g/mol. The monoisotopic (exact) mass is 312 g/mol. The molecule has 3 N–H and O–H groups in total. The molecule has 0 saturated carbocycles. The molecule has 0 rings (SSSR count). The Balaban J connectivity index is -0.000000231. The zero-order valence-corrected chi connectivity index (χ0v) is 14.5. The summed E-state index contributed by atoms with van der Waals surface area (Å²) < 4.78 is 14.2. The molecule has 132 valence electrons. The van der Waals surface area contributed by atoms with E-state index in [4.69, 9.17) is 24.8 Å². The Bertz CT molecular complexity index is 147. The van der Waals surface area contributed by atoms with Crippen LogP contribution in [0.25, 0.3) is 0 Å². The predicted octanol–water partition coefficient (Wildman–Crippen LogP) is 1.07. The number of hydrogen-bond donors (Lipinski definition) is 3. The van der Waals surface area contributed by atoms with Crippen molar-refractivity contribution in [2.45, 2.75) is 45.8 Å². The molecular formula is C15H36O6. The van der Waals surface area contributed by atoms with Crippen molar-refractivity contribution in [3.8, 4) is 0 Å². The van der Waals surface area contributed by atoms with Crippen LogP contribution in [-0.2, 0) is 14.2 Å². The van der Waals surface area contributed by atoms with Crippen molar-refractivity contribution in [3.63, 3.8) is 0 Å². The van der Waals surface area contributed by atoms with Crippen molar-refractivity contribution in [3.05, 3.63) is 0 Å². The molecule has 0 saturated heterocycles. The van der Waals surface area contributed by atoms with Crippen molar-refractivity contribution < 1.29 is 29.5 Å². The molecule has 0 aromatic rings. The number of aliphatic hydroxyl groups is 3. The fraction of sp³-hybridized carbons (Fsp3) is 1.00. The maximum atomic E-state index is 8.73. The summed E-state index contributed by atoms with van der Waals surface area (Å²) in [6.45, 7) is 7.28. The molecule has 0 fully saturated rings. The molecular weight excluding hydrogens is 276 g/mol. The summed E-state index contributed by atoms with van der Waals surface area (Å²) in [5.74, 6) is 0.282. The summed E-state index contributed by atoms with van der Waals surface area (Å²) in [4.78, 5) is 0. The van der Waals surface area contributed by atoms with Gasteiger partial charge in [0.15, 0.2) is 0 Å². The summed E-state index contributed by atoms with van der Waals surface area (Å²) in [6, 6.07) is 0. The van der Waals surface area contributed by atoms with Crippen LogP contribution in [0.4, 0.5) is 0 Å². The van der Waals surface area contributed by atoms with Crippen LogP contribution < -0.4 is 0 Å². The van der Waals surface area contributed by atoms with E-state index in [9.17, 15) is 0 Å². The van der Waals surface area contributed by atoms with E-state index < -0.39 is 0 Å². The van der Waals surface area contributed by atoms with E-state index in [1.54, 1.807) is 21.3 Å². The topological polar surface area (TPSA) is 88.4 Å². The first-order valence-corrected chi connectivity index (χ1v) is 7.37. The summed E-state index contributed by atoms with van der Waals surface area (Å²) in [7, 11) is 4.81. The van der Waals surface area contributed by atoms with Gasteiger partial charge in [-0.1, -0.05) is 20.8 Å². The normalized spacial score (nSPS) is 14.1. The molecule has 3 atom stereocenters. The van der Waals surface area contributed by atoms with E-state index in [1.165, 1.54) is 0 Å². The summed E-state index contributed by atoms with van der Waals surface area (Å²) in [6.07, 6.45) is 1.42. The van der Waals surface area contributed by atoms with Gasteiger partial charge in [-0.05, 0) is 12.8 Å². The Morgan fingerprint density at radius 3 is 1.48 bits per heavy atom. The zero-order chi connectivity index (χ0) is 17.1. The maximum absolute atomic E-state index is 8.73. The third kappa shape index (κ3) is 25.1. The van der Waals surface area contributed by atoms with Gasteiger partial charge in [-0.3, -0.25) is 0 Å². The average Bonchev–Trinajstić information content (AvgIpc) is 2.50. The lowest BCUT2D eigenvalue weighted by Crippen LogP contribution is -2.13. The maximum Gasteiger partial charge on any atom is 0.0799 e. The molecule has 3 unspecified atom stereocenters. The lowest BCUT2D eigenvalue weighted by Gasteiger charge is -2.06. The Labute approximate surface area is 130 Å². The molecule has 0 aliphatic carbocycles. The standard InChI is InChI=1S/3C5H12O2/c1-5(3-6)4-7-2;1-3-5(6)4-7-2;1-3-5(4-6)7-2/h3*5-6H,3-4H2,1-2H3. The Kier molecular flexibility index (Phi) is 27.0. The van der Waals surface area contributed by atoms with Crippen LogP contribution in [0.3, 0.4) is 0 Å². The second kappa shape index (κ2) is 22.0. The van der Waals surface area contributed by atoms with Gasteiger partial charge in [0.1, 0.15) is 0 Å². The predicted molar refractivity (Wildman–Crippen MR) is 84.5 cm³/mol. The Hall–Kier alpha value is -0.240. The number of hydrogen-bond acceptors (Lipinski definition) is 6.